The summed E-state index contributed by atoms with van der Waals surface area (Å²) in [6.45, 7) is 5.03. The molecule has 0 saturated carbocycles. The largest absolute Gasteiger partial charge is 0.369 e. The maximum absolute atomic E-state index is 5.58. The third-order valence-electron chi connectivity index (χ3n) is 1.39. The van der Waals surface area contributed by atoms with E-state index in [4.69, 9.17) is 5.73 Å². The Labute approximate surface area is 60.9 Å². The molecule has 1 aromatic rings. The quantitative estimate of drug-likeness (QED) is 0.668. The van der Waals surface area contributed by atoms with Gasteiger partial charge < -0.3 is 10.3 Å². The minimum Gasteiger partial charge on any atom is -0.369 e. The Morgan fingerprint density at radius 1 is 1.70 bits per heavy atom. The summed E-state index contributed by atoms with van der Waals surface area (Å²) in [5, 5.41) is 0. The molecule has 56 valence electrons. The summed E-state index contributed by atoms with van der Waals surface area (Å²) in [4.78, 5) is 4.07. The van der Waals surface area contributed by atoms with Crippen molar-refractivity contribution in [3.63, 3.8) is 0 Å². The molecule has 0 fully saturated rings. The Morgan fingerprint density at radius 2 is 2.40 bits per heavy atom. The fourth-order valence-corrected chi connectivity index (χ4v) is 0.985. The van der Waals surface area contributed by atoms with E-state index in [1.807, 2.05) is 17.7 Å². The molecule has 0 aliphatic heterocycles. The van der Waals surface area contributed by atoms with Gasteiger partial charge in [-0.2, -0.15) is 0 Å². The number of imidazole rings is 1. The van der Waals surface area contributed by atoms with Crippen molar-refractivity contribution in [3.05, 3.63) is 11.9 Å². The van der Waals surface area contributed by atoms with Crippen molar-refractivity contribution >= 4 is 5.95 Å². The molecule has 0 aliphatic carbocycles. The molecule has 3 heteroatoms. The Kier molecular flexibility index (Phi) is 1.94. The van der Waals surface area contributed by atoms with Gasteiger partial charge in [0.15, 0.2) is 5.95 Å². The van der Waals surface area contributed by atoms with Crippen LogP contribution in [0.3, 0.4) is 0 Å². The topological polar surface area (TPSA) is 43.8 Å². The first-order chi connectivity index (χ1) is 4.74. The van der Waals surface area contributed by atoms with Gasteiger partial charge in [-0.25, -0.2) is 4.98 Å². The van der Waals surface area contributed by atoms with Gasteiger partial charge in [0.2, 0.25) is 0 Å². The van der Waals surface area contributed by atoms with Crippen LogP contribution in [0.15, 0.2) is 6.20 Å². The van der Waals surface area contributed by atoms with Gasteiger partial charge in [-0.15, -0.1) is 0 Å². The second kappa shape index (κ2) is 2.73. The van der Waals surface area contributed by atoms with Crippen LogP contribution in [0.25, 0.3) is 0 Å². The number of hydrogen-bond acceptors (Lipinski definition) is 2. The van der Waals surface area contributed by atoms with Crippen molar-refractivity contribution in [1.82, 2.24) is 9.55 Å². The van der Waals surface area contributed by atoms with Gasteiger partial charge in [0, 0.05) is 12.7 Å². The van der Waals surface area contributed by atoms with Gasteiger partial charge in [-0.1, -0.05) is 6.92 Å². The highest BCUT2D eigenvalue weighted by Gasteiger charge is 1.97. The molecule has 2 N–H and O–H groups in total. The van der Waals surface area contributed by atoms with Gasteiger partial charge in [0.25, 0.3) is 0 Å². The van der Waals surface area contributed by atoms with E-state index in [0.29, 0.717) is 5.95 Å². The normalized spacial score (nSPS) is 10.2. The molecule has 0 aliphatic rings. The zero-order valence-electron chi connectivity index (χ0n) is 6.46. The van der Waals surface area contributed by atoms with Crippen LogP contribution in [0, 0.1) is 6.92 Å². The highest BCUT2D eigenvalue weighted by Crippen LogP contribution is 2.03. The number of rotatable bonds is 2. The molecule has 1 aromatic heterocycles. The third kappa shape index (κ3) is 1.29. The Morgan fingerprint density at radius 3 is 2.80 bits per heavy atom. The Bertz CT molecular complexity index is 215. The predicted molar refractivity (Wildman–Crippen MR) is 41.7 cm³/mol. The Balaban J connectivity index is 2.81. The lowest BCUT2D eigenvalue weighted by Gasteiger charge is -1.98. The maximum atomic E-state index is 5.58. The van der Waals surface area contributed by atoms with Crippen molar-refractivity contribution in [2.24, 2.45) is 0 Å². The summed E-state index contributed by atoms with van der Waals surface area (Å²) in [5.74, 6) is 0.624. The molecule has 0 unspecified atom stereocenters. The molecule has 10 heavy (non-hydrogen) atoms. The van der Waals surface area contributed by atoms with Gasteiger partial charge in [0.1, 0.15) is 0 Å². The molecule has 0 amide bonds. The van der Waals surface area contributed by atoms with Crippen LogP contribution in [0.5, 0.6) is 0 Å². The van der Waals surface area contributed by atoms with Crippen molar-refractivity contribution in [3.8, 4) is 0 Å². The highest BCUT2D eigenvalue weighted by molar-refractivity contribution is 5.20. The van der Waals surface area contributed by atoms with Gasteiger partial charge in [-0.3, -0.25) is 0 Å². The van der Waals surface area contributed by atoms with Crippen LogP contribution in [-0.2, 0) is 6.54 Å². The summed E-state index contributed by atoms with van der Waals surface area (Å²) < 4.78 is 1.97. The fourth-order valence-electron chi connectivity index (χ4n) is 0.985. The number of aromatic nitrogens is 2. The number of aryl methyl sites for hydroxylation is 2. The lowest BCUT2D eigenvalue weighted by Crippen LogP contribution is -2.00. The van der Waals surface area contributed by atoms with Gasteiger partial charge in [-0.05, 0) is 13.3 Å². The SMILES string of the molecule is CCCn1cc(C)nc1N. The smallest absolute Gasteiger partial charge is 0.200 e. The minimum atomic E-state index is 0.624. The number of nitrogens with two attached hydrogens (primary N) is 1. The zero-order chi connectivity index (χ0) is 7.56. The molecule has 0 saturated heterocycles. The first kappa shape index (κ1) is 7.12. The lowest BCUT2D eigenvalue weighted by molar-refractivity contribution is 0.687. The fraction of sp³-hybridized carbons (Fsp3) is 0.571. The molecule has 0 atom stereocenters. The molecule has 0 aromatic carbocycles. The summed E-state index contributed by atoms with van der Waals surface area (Å²) in [5.41, 5.74) is 6.57. The standard InChI is InChI=1S/C7H13N3/c1-3-4-10-5-6(2)9-7(10)8/h5H,3-4H2,1-2H3,(H2,8,9). The van der Waals surface area contributed by atoms with Gasteiger partial charge >= 0.3 is 0 Å². The maximum Gasteiger partial charge on any atom is 0.200 e. The van der Waals surface area contributed by atoms with E-state index < -0.39 is 0 Å². The van der Waals surface area contributed by atoms with E-state index in [1.165, 1.54) is 0 Å². The predicted octanol–water partition coefficient (Wildman–Crippen LogP) is 1.18. The summed E-state index contributed by atoms with van der Waals surface area (Å²) >= 11 is 0. The molecular formula is C7H13N3. The summed E-state index contributed by atoms with van der Waals surface area (Å²) in [6.07, 6.45) is 3.07. The van der Waals surface area contributed by atoms with Crippen LogP contribution >= 0.6 is 0 Å². The highest BCUT2D eigenvalue weighted by atomic mass is 15.1. The molecule has 1 heterocycles. The second-order valence-electron chi connectivity index (χ2n) is 2.43. The average molecular weight is 139 g/mol. The summed E-state index contributed by atoms with van der Waals surface area (Å²) in [6, 6.07) is 0. The molecule has 0 spiro atoms. The van der Waals surface area contributed by atoms with Crippen molar-refractivity contribution in [2.75, 3.05) is 5.73 Å². The zero-order valence-corrected chi connectivity index (χ0v) is 6.46. The average Bonchev–Trinajstić information content (AvgIpc) is 2.13. The van der Waals surface area contributed by atoms with Crippen molar-refractivity contribution in [2.45, 2.75) is 26.8 Å². The second-order valence-corrected chi connectivity index (χ2v) is 2.43. The van der Waals surface area contributed by atoms with E-state index in [0.717, 1.165) is 18.7 Å². The monoisotopic (exact) mass is 139 g/mol. The number of anilines is 1. The van der Waals surface area contributed by atoms with Crippen LogP contribution in [0.1, 0.15) is 19.0 Å². The molecule has 0 bridgehead atoms. The molecular weight excluding hydrogens is 126 g/mol. The Hall–Kier alpha value is -0.990. The first-order valence-corrected chi connectivity index (χ1v) is 3.53. The van der Waals surface area contributed by atoms with Crippen LogP contribution < -0.4 is 5.73 Å². The van der Waals surface area contributed by atoms with Crippen molar-refractivity contribution in [1.29, 1.82) is 0 Å². The van der Waals surface area contributed by atoms with Crippen LogP contribution in [-0.4, -0.2) is 9.55 Å². The van der Waals surface area contributed by atoms with E-state index in [-0.39, 0.29) is 0 Å². The lowest BCUT2D eigenvalue weighted by atomic mass is 10.5. The van der Waals surface area contributed by atoms with Gasteiger partial charge in [0.05, 0.1) is 5.69 Å². The van der Waals surface area contributed by atoms with Crippen LogP contribution in [0.4, 0.5) is 5.95 Å². The third-order valence-corrected chi connectivity index (χ3v) is 1.39. The van der Waals surface area contributed by atoms with E-state index in [2.05, 4.69) is 11.9 Å². The molecule has 0 radical (unpaired) electrons. The summed E-state index contributed by atoms with van der Waals surface area (Å²) in [7, 11) is 0. The minimum absolute atomic E-state index is 0.624. The van der Waals surface area contributed by atoms with E-state index in [9.17, 15) is 0 Å². The van der Waals surface area contributed by atoms with E-state index in [1.54, 1.807) is 0 Å². The van der Waals surface area contributed by atoms with Crippen molar-refractivity contribution < 1.29 is 0 Å². The number of nitrogen functional groups attached to an aromatic ring is 1. The first-order valence-electron chi connectivity index (χ1n) is 3.53. The number of hydrogen-bond donors (Lipinski definition) is 1. The van der Waals surface area contributed by atoms with Crippen LogP contribution in [0.2, 0.25) is 0 Å². The molecule has 1 rings (SSSR count). The number of nitrogens with zero attached hydrogens (tertiary/aromatic N) is 2. The van der Waals surface area contributed by atoms with E-state index >= 15 is 0 Å². The molecule has 3 nitrogen and oxygen atoms in total.